The number of hydrogen-bond donors (Lipinski definition) is 2. The molecule has 7 nitrogen and oxygen atoms in total. The fourth-order valence-electron chi connectivity index (χ4n) is 4.52. The van der Waals surface area contributed by atoms with E-state index in [0.29, 0.717) is 28.0 Å². The lowest BCUT2D eigenvalue weighted by molar-refractivity contribution is -0.119. The molecule has 1 saturated carbocycles. The number of hydrogen-bond acceptors (Lipinski definition) is 6. The molecule has 1 aliphatic carbocycles. The second kappa shape index (κ2) is 11.6. The molecule has 0 aliphatic heterocycles. The number of aryl methyl sites for hydroxylation is 1. The molecule has 0 spiro atoms. The first kappa shape index (κ1) is 25.1. The molecule has 4 rings (SSSR count). The summed E-state index contributed by atoms with van der Waals surface area (Å²) in [5.74, 6) is 0.220. The van der Waals surface area contributed by atoms with E-state index in [1.807, 2.05) is 44.2 Å². The standard InChI is InChI=1S/C26H30ClN5O2S/c1-17-12-22(10-11-28-17)31-25(34)23(13-19-6-3-4-7-19)32(16-33)24-15-29-26(35-24)18(2)30-21-9-5-8-20(27)14-21/h5,8-12,14-16,18-19,23,30H,3-4,6-7,13H2,1-2H3,(H,28,31,34)/t18-,23-/m0/s1. The average molecular weight is 512 g/mol. The average Bonchev–Trinajstić information content (AvgIpc) is 3.51. The maximum absolute atomic E-state index is 13.4. The predicted molar refractivity (Wildman–Crippen MR) is 142 cm³/mol. The number of thiazole rings is 1. The van der Waals surface area contributed by atoms with Gasteiger partial charge in [-0.25, -0.2) is 4.98 Å². The number of nitrogens with zero attached hydrogens (tertiary/aromatic N) is 3. The van der Waals surface area contributed by atoms with E-state index in [9.17, 15) is 9.59 Å². The van der Waals surface area contributed by atoms with Crippen molar-refractivity contribution in [2.45, 2.75) is 58.0 Å². The zero-order valence-corrected chi connectivity index (χ0v) is 21.5. The summed E-state index contributed by atoms with van der Waals surface area (Å²) < 4.78 is 0. The third-order valence-electron chi connectivity index (χ3n) is 6.29. The van der Waals surface area contributed by atoms with E-state index in [1.54, 1.807) is 18.5 Å². The summed E-state index contributed by atoms with van der Waals surface area (Å²) in [6.45, 7) is 3.88. The number of benzene rings is 1. The number of amides is 2. The van der Waals surface area contributed by atoms with Crippen LogP contribution in [-0.4, -0.2) is 28.3 Å². The highest BCUT2D eigenvalue weighted by atomic mass is 35.5. The monoisotopic (exact) mass is 511 g/mol. The number of nitrogens with one attached hydrogen (secondary N) is 2. The van der Waals surface area contributed by atoms with Crippen LogP contribution in [0.25, 0.3) is 0 Å². The number of halogens is 1. The molecule has 0 unspecified atom stereocenters. The number of aromatic nitrogens is 2. The van der Waals surface area contributed by atoms with Gasteiger partial charge in [-0.15, -0.1) is 0 Å². The molecule has 35 heavy (non-hydrogen) atoms. The minimum absolute atomic E-state index is 0.0948. The highest BCUT2D eigenvalue weighted by Gasteiger charge is 2.32. The van der Waals surface area contributed by atoms with Gasteiger partial charge >= 0.3 is 0 Å². The summed E-state index contributed by atoms with van der Waals surface area (Å²) in [6.07, 6.45) is 9.22. The molecule has 9 heteroatoms. The summed E-state index contributed by atoms with van der Waals surface area (Å²) in [4.78, 5) is 36.0. The van der Waals surface area contributed by atoms with Crippen molar-refractivity contribution >= 4 is 51.6 Å². The van der Waals surface area contributed by atoms with Crippen LogP contribution in [-0.2, 0) is 9.59 Å². The Bertz CT molecular complexity index is 1160. The van der Waals surface area contributed by atoms with Crippen LogP contribution < -0.4 is 15.5 Å². The van der Waals surface area contributed by atoms with Crippen molar-refractivity contribution in [1.29, 1.82) is 0 Å². The van der Waals surface area contributed by atoms with E-state index >= 15 is 0 Å². The topological polar surface area (TPSA) is 87.2 Å². The quantitative estimate of drug-likeness (QED) is 0.315. The molecule has 0 radical (unpaired) electrons. The molecule has 2 N–H and O–H groups in total. The van der Waals surface area contributed by atoms with Crippen molar-refractivity contribution in [3.8, 4) is 0 Å². The predicted octanol–water partition coefficient (Wildman–Crippen LogP) is 6.22. The zero-order chi connectivity index (χ0) is 24.8. The minimum atomic E-state index is -0.617. The molecule has 1 aromatic carbocycles. The van der Waals surface area contributed by atoms with Gasteiger partial charge in [-0.2, -0.15) is 0 Å². The van der Waals surface area contributed by atoms with Crippen LogP contribution in [0.4, 0.5) is 16.4 Å². The summed E-state index contributed by atoms with van der Waals surface area (Å²) in [6, 6.07) is 10.4. The highest BCUT2D eigenvalue weighted by molar-refractivity contribution is 7.16. The third kappa shape index (κ3) is 6.58. The normalized spacial score (nSPS) is 15.4. The summed E-state index contributed by atoms with van der Waals surface area (Å²) in [5, 5.41) is 8.50. The molecule has 2 atom stereocenters. The fraction of sp³-hybridized carbons (Fsp3) is 0.385. The molecule has 1 fully saturated rings. The minimum Gasteiger partial charge on any atom is -0.376 e. The SMILES string of the molecule is Cc1cc(NC(=O)[C@H](CC2CCCC2)N(C=O)c2cnc([C@H](C)Nc3cccc(Cl)c3)s2)ccn1. The molecular formula is C26H30ClN5O2S. The van der Waals surface area contributed by atoms with Crippen LogP contribution in [0, 0.1) is 12.8 Å². The van der Waals surface area contributed by atoms with Gasteiger partial charge in [-0.1, -0.05) is 54.7 Å². The number of rotatable bonds is 10. The lowest BCUT2D eigenvalue weighted by Crippen LogP contribution is -2.44. The van der Waals surface area contributed by atoms with Gasteiger partial charge in [0.1, 0.15) is 16.1 Å². The maximum atomic E-state index is 13.4. The fourth-order valence-corrected chi connectivity index (χ4v) is 5.65. The Labute approximate surface area is 214 Å². The lowest BCUT2D eigenvalue weighted by Gasteiger charge is -2.28. The van der Waals surface area contributed by atoms with E-state index in [-0.39, 0.29) is 11.9 Å². The lowest BCUT2D eigenvalue weighted by atomic mass is 9.97. The van der Waals surface area contributed by atoms with E-state index < -0.39 is 6.04 Å². The Morgan fingerprint density at radius 2 is 2.03 bits per heavy atom. The highest BCUT2D eigenvalue weighted by Crippen LogP contribution is 2.34. The first-order chi connectivity index (χ1) is 16.9. The van der Waals surface area contributed by atoms with Gasteiger partial charge in [0.05, 0.1) is 12.2 Å². The molecule has 2 aromatic heterocycles. The van der Waals surface area contributed by atoms with Gasteiger partial charge in [-0.3, -0.25) is 19.5 Å². The van der Waals surface area contributed by atoms with Gasteiger partial charge in [0.25, 0.3) is 0 Å². The van der Waals surface area contributed by atoms with Crippen LogP contribution in [0.5, 0.6) is 0 Å². The van der Waals surface area contributed by atoms with Crippen LogP contribution in [0.2, 0.25) is 5.02 Å². The Balaban J connectivity index is 1.54. The van der Waals surface area contributed by atoms with Crippen molar-refractivity contribution in [1.82, 2.24) is 9.97 Å². The molecule has 1 aliphatic rings. The molecule has 2 heterocycles. The first-order valence-corrected chi connectivity index (χ1v) is 13.1. The van der Waals surface area contributed by atoms with E-state index in [4.69, 9.17) is 11.6 Å². The Morgan fingerprint density at radius 1 is 1.23 bits per heavy atom. The van der Waals surface area contributed by atoms with Crippen molar-refractivity contribution in [2.24, 2.45) is 5.92 Å². The molecular weight excluding hydrogens is 482 g/mol. The van der Waals surface area contributed by atoms with Gasteiger partial charge in [0.15, 0.2) is 0 Å². The number of carbonyl (C=O) groups is 2. The Morgan fingerprint density at radius 3 is 2.74 bits per heavy atom. The summed E-state index contributed by atoms with van der Waals surface area (Å²) in [5.41, 5.74) is 2.38. The molecule has 184 valence electrons. The molecule has 3 aromatic rings. The van der Waals surface area contributed by atoms with Crippen LogP contribution in [0.1, 0.15) is 55.8 Å². The smallest absolute Gasteiger partial charge is 0.247 e. The van der Waals surface area contributed by atoms with E-state index in [2.05, 4.69) is 20.6 Å². The van der Waals surface area contributed by atoms with Crippen molar-refractivity contribution < 1.29 is 9.59 Å². The Hall–Kier alpha value is -2.97. The van der Waals surface area contributed by atoms with E-state index in [0.717, 1.165) is 35.6 Å². The Kier molecular flexibility index (Phi) is 8.36. The maximum Gasteiger partial charge on any atom is 0.247 e. The summed E-state index contributed by atoms with van der Waals surface area (Å²) in [7, 11) is 0. The first-order valence-electron chi connectivity index (χ1n) is 11.9. The zero-order valence-electron chi connectivity index (χ0n) is 19.9. The van der Waals surface area contributed by atoms with Gasteiger partial charge < -0.3 is 10.6 Å². The molecule has 2 amide bonds. The largest absolute Gasteiger partial charge is 0.376 e. The van der Waals surface area contributed by atoms with Gasteiger partial charge in [0, 0.05) is 28.3 Å². The molecule has 0 bridgehead atoms. The third-order valence-corrected chi connectivity index (χ3v) is 7.72. The number of anilines is 3. The summed E-state index contributed by atoms with van der Waals surface area (Å²) >= 11 is 7.51. The van der Waals surface area contributed by atoms with E-state index in [1.165, 1.54) is 29.1 Å². The van der Waals surface area contributed by atoms with Crippen LogP contribution >= 0.6 is 22.9 Å². The van der Waals surface area contributed by atoms with Crippen molar-refractivity contribution in [3.05, 3.63) is 64.5 Å². The second-order valence-corrected chi connectivity index (χ2v) is 10.5. The number of carbonyl (C=O) groups excluding carboxylic acids is 2. The number of pyridine rings is 1. The van der Waals surface area contributed by atoms with Gasteiger partial charge in [-0.05, 0) is 56.5 Å². The van der Waals surface area contributed by atoms with Crippen LogP contribution in [0.15, 0.2) is 48.8 Å². The molecule has 0 saturated heterocycles. The van der Waals surface area contributed by atoms with Crippen molar-refractivity contribution in [2.75, 3.05) is 15.5 Å². The van der Waals surface area contributed by atoms with Gasteiger partial charge in [0.2, 0.25) is 12.3 Å². The van der Waals surface area contributed by atoms with Crippen LogP contribution in [0.3, 0.4) is 0 Å². The van der Waals surface area contributed by atoms with Crippen molar-refractivity contribution in [3.63, 3.8) is 0 Å². The second-order valence-electron chi connectivity index (χ2n) is 9.00.